The number of imidazole rings is 1. The molecule has 88 valence electrons. The van der Waals surface area contributed by atoms with Crippen LogP contribution in [0.1, 0.15) is 17.4 Å². The molecule has 0 aliphatic rings. The van der Waals surface area contributed by atoms with Gasteiger partial charge < -0.3 is 16.0 Å². The summed E-state index contributed by atoms with van der Waals surface area (Å²) in [5.41, 5.74) is 6.63. The summed E-state index contributed by atoms with van der Waals surface area (Å²) in [5, 5.41) is 2.73. The summed E-state index contributed by atoms with van der Waals surface area (Å²) in [7, 11) is 0. The number of benzene rings is 1. The van der Waals surface area contributed by atoms with Gasteiger partial charge in [0.15, 0.2) is 0 Å². The van der Waals surface area contributed by atoms with E-state index in [1.165, 1.54) is 0 Å². The first-order valence-electron chi connectivity index (χ1n) is 5.34. The summed E-state index contributed by atoms with van der Waals surface area (Å²) in [5.74, 6) is 0.492. The summed E-state index contributed by atoms with van der Waals surface area (Å²) >= 11 is 0. The van der Waals surface area contributed by atoms with Gasteiger partial charge in [-0.3, -0.25) is 4.79 Å². The maximum absolute atomic E-state index is 11.8. The van der Waals surface area contributed by atoms with Gasteiger partial charge in [-0.1, -0.05) is 30.3 Å². The van der Waals surface area contributed by atoms with Gasteiger partial charge in [0.1, 0.15) is 11.9 Å². The van der Waals surface area contributed by atoms with Crippen molar-refractivity contribution in [2.24, 2.45) is 5.73 Å². The van der Waals surface area contributed by atoms with E-state index < -0.39 is 6.04 Å². The third kappa shape index (κ3) is 2.92. The van der Waals surface area contributed by atoms with Crippen LogP contribution in [0.4, 0.5) is 0 Å². The normalized spacial score (nSPS) is 12.1. The molecule has 0 fully saturated rings. The maximum Gasteiger partial charge on any atom is 0.241 e. The molecule has 0 radical (unpaired) electrons. The minimum absolute atomic E-state index is 0.215. The van der Waals surface area contributed by atoms with Gasteiger partial charge in [0.25, 0.3) is 0 Å². The second-order valence-corrected chi connectivity index (χ2v) is 3.64. The zero-order valence-electron chi connectivity index (χ0n) is 9.26. The van der Waals surface area contributed by atoms with Crippen molar-refractivity contribution in [3.63, 3.8) is 0 Å². The highest BCUT2D eigenvalue weighted by atomic mass is 16.2. The van der Waals surface area contributed by atoms with Gasteiger partial charge in [-0.15, -0.1) is 0 Å². The average Bonchev–Trinajstić information content (AvgIpc) is 2.89. The van der Waals surface area contributed by atoms with Crippen LogP contribution in [-0.2, 0) is 11.3 Å². The third-order valence-corrected chi connectivity index (χ3v) is 2.43. The van der Waals surface area contributed by atoms with E-state index in [4.69, 9.17) is 5.73 Å². The molecule has 0 aliphatic carbocycles. The van der Waals surface area contributed by atoms with Crippen LogP contribution in [-0.4, -0.2) is 15.9 Å². The molecule has 0 bridgehead atoms. The Balaban J connectivity index is 1.92. The maximum atomic E-state index is 11.8. The zero-order valence-corrected chi connectivity index (χ0v) is 9.26. The number of carbonyl (C=O) groups excluding carboxylic acids is 1. The van der Waals surface area contributed by atoms with Gasteiger partial charge in [-0.05, 0) is 5.56 Å². The summed E-state index contributed by atoms with van der Waals surface area (Å²) in [6.07, 6.45) is 3.34. The number of amides is 1. The second-order valence-electron chi connectivity index (χ2n) is 3.64. The number of hydrogen-bond donors (Lipinski definition) is 3. The average molecular weight is 230 g/mol. The molecule has 1 aromatic heterocycles. The number of aromatic nitrogens is 2. The Morgan fingerprint density at radius 2 is 2.18 bits per heavy atom. The smallest absolute Gasteiger partial charge is 0.241 e. The number of nitrogens with two attached hydrogens (primary N) is 1. The number of nitrogens with zero attached hydrogens (tertiary/aromatic N) is 1. The van der Waals surface area contributed by atoms with Crippen molar-refractivity contribution < 1.29 is 4.79 Å². The Labute approximate surface area is 99.1 Å². The number of aromatic amines is 1. The fourth-order valence-electron chi connectivity index (χ4n) is 1.49. The second kappa shape index (κ2) is 5.27. The van der Waals surface area contributed by atoms with E-state index in [1.807, 2.05) is 30.3 Å². The Morgan fingerprint density at radius 1 is 1.41 bits per heavy atom. The Bertz CT molecular complexity index is 467. The van der Waals surface area contributed by atoms with E-state index in [0.717, 1.165) is 5.56 Å². The lowest BCUT2D eigenvalue weighted by atomic mass is 10.1. The van der Waals surface area contributed by atoms with Crippen LogP contribution in [0.5, 0.6) is 0 Å². The molecular formula is C12H14N4O. The van der Waals surface area contributed by atoms with Crippen LogP contribution in [0.25, 0.3) is 0 Å². The fourth-order valence-corrected chi connectivity index (χ4v) is 1.49. The standard InChI is InChI=1S/C12H14N4O/c13-11(9-4-2-1-3-5-9)12(17)16-8-10-14-6-7-15-10/h1-7,11H,8,13H2,(H,14,15)(H,16,17). The van der Waals surface area contributed by atoms with E-state index in [1.54, 1.807) is 12.4 Å². The van der Waals surface area contributed by atoms with Gasteiger partial charge >= 0.3 is 0 Å². The van der Waals surface area contributed by atoms with Crippen LogP contribution in [0.2, 0.25) is 0 Å². The Kier molecular flexibility index (Phi) is 3.52. The monoisotopic (exact) mass is 230 g/mol. The van der Waals surface area contributed by atoms with E-state index >= 15 is 0 Å². The number of nitrogens with one attached hydrogen (secondary N) is 2. The van der Waals surface area contributed by atoms with Gasteiger partial charge in [0.2, 0.25) is 5.91 Å². The molecule has 2 rings (SSSR count). The molecule has 1 amide bonds. The van der Waals surface area contributed by atoms with Crippen LogP contribution >= 0.6 is 0 Å². The van der Waals surface area contributed by atoms with Gasteiger partial charge in [-0.2, -0.15) is 0 Å². The first kappa shape index (κ1) is 11.3. The van der Waals surface area contributed by atoms with E-state index in [0.29, 0.717) is 12.4 Å². The molecule has 17 heavy (non-hydrogen) atoms. The lowest BCUT2D eigenvalue weighted by molar-refractivity contribution is -0.122. The number of carbonyl (C=O) groups is 1. The highest BCUT2D eigenvalue weighted by Gasteiger charge is 2.14. The highest BCUT2D eigenvalue weighted by molar-refractivity contribution is 5.82. The topological polar surface area (TPSA) is 83.8 Å². The Morgan fingerprint density at radius 3 is 2.82 bits per heavy atom. The molecule has 1 heterocycles. The van der Waals surface area contributed by atoms with Gasteiger partial charge in [-0.25, -0.2) is 4.98 Å². The molecule has 1 unspecified atom stereocenters. The summed E-state index contributed by atoms with van der Waals surface area (Å²) < 4.78 is 0. The lowest BCUT2D eigenvalue weighted by Crippen LogP contribution is -2.33. The van der Waals surface area contributed by atoms with Gasteiger partial charge in [0.05, 0.1) is 6.54 Å². The van der Waals surface area contributed by atoms with E-state index in [9.17, 15) is 4.79 Å². The number of H-pyrrole nitrogens is 1. The molecule has 5 nitrogen and oxygen atoms in total. The molecule has 0 saturated carbocycles. The molecule has 0 spiro atoms. The first-order chi connectivity index (χ1) is 8.27. The number of hydrogen-bond acceptors (Lipinski definition) is 3. The van der Waals surface area contributed by atoms with Crippen LogP contribution < -0.4 is 11.1 Å². The molecule has 4 N–H and O–H groups in total. The molecule has 0 aliphatic heterocycles. The molecule has 1 atom stereocenters. The minimum Gasteiger partial charge on any atom is -0.347 e. The minimum atomic E-state index is -0.647. The number of rotatable bonds is 4. The summed E-state index contributed by atoms with van der Waals surface area (Å²) in [6.45, 7) is 0.354. The van der Waals surface area contributed by atoms with Crippen LogP contribution in [0, 0.1) is 0 Å². The first-order valence-corrected chi connectivity index (χ1v) is 5.34. The summed E-state index contributed by atoms with van der Waals surface area (Å²) in [4.78, 5) is 18.7. The van der Waals surface area contributed by atoms with E-state index in [2.05, 4.69) is 15.3 Å². The molecule has 1 aromatic carbocycles. The van der Waals surface area contributed by atoms with Crippen molar-refractivity contribution in [1.82, 2.24) is 15.3 Å². The fraction of sp³-hybridized carbons (Fsp3) is 0.167. The van der Waals surface area contributed by atoms with Crippen molar-refractivity contribution in [2.45, 2.75) is 12.6 Å². The van der Waals surface area contributed by atoms with Crippen LogP contribution in [0.15, 0.2) is 42.7 Å². The van der Waals surface area contributed by atoms with Crippen molar-refractivity contribution in [3.05, 3.63) is 54.1 Å². The summed E-state index contributed by atoms with van der Waals surface area (Å²) in [6, 6.07) is 8.61. The SMILES string of the molecule is NC(C(=O)NCc1ncc[nH]1)c1ccccc1. The quantitative estimate of drug-likeness (QED) is 0.723. The van der Waals surface area contributed by atoms with Crippen molar-refractivity contribution in [3.8, 4) is 0 Å². The Hall–Kier alpha value is -2.14. The zero-order chi connectivity index (χ0) is 12.1. The van der Waals surface area contributed by atoms with E-state index in [-0.39, 0.29) is 5.91 Å². The lowest BCUT2D eigenvalue weighted by Gasteiger charge is -2.11. The largest absolute Gasteiger partial charge is 0.347 e. The predicted molar refractivity (Wildman–Crippen MR) is 63.8 cm³/mol. The molecule has 5 heteroatoms. The highest BCUT2D eigenvalue weighted by Crippen LogP contribution is 2.09. The predicted octanol–water partition coefficient (Wildman–Crippen LogP) is 0.726. The molecular weight excluding hydrogens is 216 g/mol. The van der Waals surface area contributed by atoms with Crippen LogP contribution in [0.3, 0.4) is 0 Å². The van der Waals surface area contributed by atoms with Crippen molar-refractivity contribution >= 4 is 5.91 Å². The van der Waals surface area contributed by atoms with Crippen molar-refractivity contribution in [2.75, 3.05) is 0 Å². The van der Waals surface area contributed by atoms with Crippen molar-refractivity contribution in [1.29, 1.82) is 0 Å². The molecule has 0 saturated heterocycles. The molecule has 2 aromatic rings. The van der Waals surface area contributed by atoms with Gasteiger partial charge in [0, 0.05) is 12.4 Å². The third-order valence-electron chi connectivity index (χ3n) is 2.43.